The number of nitrogens with zero attached hydrogens (tertiary/aromatic N) is 2. The summed E-state index contributed by atoms with van der Waals surface area (Å²) in [6, 6.07) is 16.3. The van der Waals surface area contributed by atoms with Gasteiger partial charge in [0, 0.05) is 24.8 Å². The van der Waals surface area contributed by atoms with Crippen molar-refractivity contribution in [3.05, 3.63) is 65.2 Å². The third kappa shape index (κ3) is 3.59. The first-order chi connectivity index (χ1) is 10.1. The summed E-state index contributed by atoms with van der Waals surface area (Å²) in [4.78, 5) is 13.9. The van der Waals surface area contributed by atoms with Gasteiger partial charge in [0.1, 0.15) is 0 Å². The number of carbonyl (C=O) groups is 1. The predicted molar refractivity (Wildman–Crippen MR) is 81.2 cm³/mol. The summed E-state index contributed by atoms with van der Waals surface area (Å²) in [6.45, 7) is 0.450. The average Bonchev–Trinajstić information content (AvgIpc) is 2.54. The second-order valence-electron chi connectivity index (χ2n) is 4.70. The van der Waals surface area contributed by atoms with Gasteiger partial charge in [-0.05, 0) is 42.0 Å². The maximum absolute atomic E-state index is 12.3. The van der Waals surface area contributed by atoms with E-state index in [1.807, 2.05) is 12.1 Å². The van der Waals surface area contributed by atoms with Crippen LogP contribution in [0, 0.1) is 11.3 Å². The molecule has 0 aliphatic carbocycles. The van der Waals surface area contributed by atoms with Crippen LogP contribution in [0.25, 0.3) is 0 Å². The molecule has 5 nitrogen and oxygen atoms in total. The lowest BCUT2D eigenvalue weighted by atomic mass is 10.1. The van der Waals surface area contributed by atoms with Gasteiger partial charge in [-0.15, -0.1) is 0 Å². The number of nitriles is 1. The van der Waals surface area contributed by atoms with Gasteiger partial charge >= 0.3 is 0 Å². The Labute approximate surface area is 123 Å². The van der Waals surface area contributed by atoms with E-state index in [1.165, 1.54) is 0 Å². The number of hydrogen-bond donors (Lipinski definition) is 2. The van der Waals surface area contributed by atoms with Crippen LogP contribution in [0.3, 0.4) is 0 Å². The molecule has 0 fully saturated rings. The molecule has 106 valence electrons. The Balaban J connectivity index is 2.09. The second-order valence-corrected chi connectivity index (χ2v) is 4.70. The van der Waals surface area contributed by atoms with E-state index in [4.69, 9.17) is 11.1 Å². The second kappa shape index (κ2) is 6.55. The van der Waals surface area contributed by atoms with E-state index in [-0.39, 0.29) is 5.91 Å². The van der Waals surface area contributed by atoms with Crippen molar-refractivity contribution in [2.75, 3.05) is 12.5 Å². The Bertz CT molecular complexity index is 673. The van der Waals surface area contributed by atoms with Crippen molar-refractivity contribution in [1.82, 2.24) is 4.90 Å². The van der Waals surface area contributed by atoms with Gasteiger partial charge in [-0.25, -0.2) is 0 Å². The summed E-state index contributed by atoms with van der Waals surface area (Å²) in [5.74, 6) is 5.21. The molecule has 0 aliphatic heterocycles. The zero-order chi connectivity index (χ0) is 15.2. The number of rotatable bonds is 4. The highest BCUT2D eigenvalue weighted by Gasteiger charge is 2.12. The van der Waals surface area contributed by atoms with Crippen LogP contribution in [0.15, 0.2) is 48.5 Å². The maximum Gasteiger partial charge on any atom is 0.253 e. The van der Waals surface area contributed by atoms with Crippen molar-refractivity contribution in [3.8, 4) is 6.07 Å². The fourth-order valence-corrected chi connectivity index (χ4v) is 2.01. The van der Waals surface area contributed by atoms with Crippen molar-refractivity contribution in [2.45, 2.75) is 6.54 Å². The molecule has 0 saturated heterocycles. The smallest absolute Gasteiger partial charge is 0.253 e. The molecule has 1 amide bonds. The van der Waals surface area contributed by atoms with Crippen molar-refractivity contribution < 1.29 is 4.79 Å². The van der Waals surface area contributed by atoms with E-state index in [9.17, 15) is 4.79 Å². The minimum Gasteiger partial charge on any atom is -0.337 e. The summed E-state index contributed by atoms with van der Waals surface area (Å²) in [7, 11) is 1.73. The molecule has 2 aromatic carbocycles. The number of hydrazine groups is 1. The molecule has 0 unspecified atom stereocenters. The van der Waals surface area contributed by atoms with E-state index in [1.54, 1.807) is 48.3 Å². The number of carbonyl (C=O) groups excluding carboxylic acids is 1. The molecule has 21 heavy (non-hydrogen) atoms. The van der Waals surface area contributed by atoms with Crippen molar-refractivity contribution in [1.29, 1.82) is 5.26 Å². The fraction of sp³-hybridized carbons (Fsp3) is 0.125. The molecule has 0 aromatic heterocycles. The molecule has 0 saturated carbocycles. The number of hydrogen-bond acceptors (Lipinski definition) is 4. The molecular formula is C16H16N4O. The number of benzene rings is 2. The summed E-state index contributed by atoms with van der Waals surface area (Å²) in [5.41, 5.74) is 5.37. The SMILES string of the molecule is CN(Cc1cccc(C#N)c1)C(=O)c1ccc(NN)cc1. The molecule has 2 rings (SSSR count). The van der Waals surface area contributed by atoms with Crippen molar-refractivity contribution in [3.63, 3.8) is 0 Å². The Kier molecular flexibility index (Phi) is 4.54. The Morgan fingerprint density at radius 3 is 2.62 bits per heavy atom. The number of nitrogens with two attached hydrogens (primary N) is 1. The molecular weight excluding hydrogens is 264 g/mol. The topological polar surface area (TPSA) is 82.2 Å². The fourth-order valence-electron chi connectivity index (χ4n) is 2.01. The Morgan fingerprint density at radius 1 is 1.29 bits per heavy atom. The monoisotopic (exact) mass is 280 g/mol. The highest BCUT2D eigenvalue weighted by atomic mass is 16.2. The molecule has 3 N–H and O–H groups in total. The normalized spacial score (nSPS) is 9.76. The van der Waals surface area contributed by atoms with Gasteiger partial charge in [0.15, 0.2) is 0 Å². The molecule has 0 aliphatic rings. The van der Waals surface area contributed by atoms with Gasteiger partial charge in [-0.3, -0.25) is 10.6 Å². The summed E-state index contributed by atoms with van der Waals surface area (Å²) < 4.78 is 0. The van der Waals surface area contributed by atoms with Crippen molar-refractivity contribution >= 4 is 11.6 Å². The van der Waals surface area contributed by atoms with Gasteiger partial charge in [-0.1, -0.05) is 12.1 Å². The molecule has 0 heterocycles. The Morgan fingerprint density at radius 2 is 2.00 bits per heavy atom. The van der Waals surface area contributed by atoms with E-state index < -0.39 is 0 Å². The van der Waals surface area contributed by atoms with Gasteiger partial charge < -0.3 is 10.3 Å². The van der Waals surface area contributed by atoms with E-state index in [0.29, 0.717) is 17.7 Å². The number of anilines is 1. The van der Waals surface area contributed by atoms with Crippen LogP contribution in [0.5, 0.6) is 0 Å². The van der Waals surface area contributed by atoms with Crippen LogP contribution in [-0.2, 0) is 6.54 Å². The largest absolute Gasteiger partial charge is 0.337 e. The lowest BCUT2D eigenvalue weighted by Crippen LogP contribution is -2.26. The number of nitrogen functional groups attached to an aromatic ring is 1. The van der Waals surface area contributed by atoms with Gasteiger partial charge in [-0.2, -0.15) is 5.26 Å². The van der Waals surface area contributed by atoms with Gasteiger partial charge in [0.2, 0.25) is 0 Å². The lowest BCUT2D eigenvalue weighted by Gasteiger charge is -2.17. The highest BCUT2D eigenvalue weighted by molar-refractivity contribution is 5.94. The van der Waals surface area contributed by atoms with Crippen LogP contribution in [0.1, 0.15) is 21.5 Å². The first-order valence-corrected chi connectivity index (χ1v) is 6.45. The molecule has 5 heteroatoms. The third-order valence-corrected chi connectivity index (χ3v) is 3.12. The maximum atomic E-state index is 12.3. The minimum absolute atomic E-state index is 0.0825. The Hall–Kier alpha value is -2.84. The zero-order valence-corrected chi connectivity index (χ0v) is 11.7. The quantitative estimate of drug-likeness (QED) is 0.664. The number of amides is 1. The van der Waals surface area contributed by atoms with Crippen LogP contribution in [0.2, 0.25) is 0 Å². The summed E-state index contributed by atoms with van der Waals surface area (Å²) in [5, 5.41) is 8.89. The van der Waals surface area contributed by atoms with E-state index in [2.05, 4.69) is 11.5 Å². The molecule has 0 atom stereocenters. The van der Waals surface area contributed by atoms with Crippen LogP contribution < -0.4 is 11.3 Å². The highest BCUT2D eigenvalue weighted by Crippen LogP contribution is 2.12. The standard InChI is InChI=1S/C16H16N4O/c1-20(11-13-4-2-3-12(9-13)10-17)16(21)14-5-7-15(19-18)8-6-14/h2-9,19H,11,18H2,1H3. The van der Waals surface area contributed by atoms with E-state index >= 15 is 0 Å². The average molecular weight is 280 g/mol. The van der Waals surface area contributed by atoms with Gasteiger partial charge in [0.05, 0.1) is 11.6 Å². The zero-order valence-electron chi connectivity index (χ0n) is 11.7. The van der Waals surface area contributed by atoms with E-state index in [0.717, 1.165) is 11.3 Å². The van der Waals surface area contributed by atoms with Crippen molar-refractivity contribution in [2.24, 2.45) is 5.84 Å². The first kappa shape index (κ1) is 14.6. The van der Waals surface area contributed by atoms with Crippen LogP contribution in [-0.4, -0.2) is 17.9 Å². The minimum atomic E-state index is -0.0825. The molecule has 0 radical (unpaired) electrons. The summed E-state index contributed by atoms with van der Waals surface area (Å²) >= 11 is 0. The molecule has 0 bridgehead atoms. The van der Waals surface area contributed by atoms with Crippen LogP contribution >= 0.6 is 0 Å². The molecule has 0 spiro atoms. The third-order valence-electron chi connectivity index (χ3n) is 3.12. The van der Waals surface area contributed by atoms with Gasteiger partial charge in [0.25, 0.3) is 5.91 Å². The lowest BCUT2D eigenvalue weighted by molar-refractivity contribution is 0.0785. The number of nitrogens with one attached hydrogen (secondary N) is 1. The molecule has 2 aromatic rings. The van der Waals surface area contributed by atoms with Crippen LogP contribution in [0.4, 0.5) is 5.69 Å². The predicted octanol–water partition coefficient (Wildman–Crippen LogP) is 2.12. The first-order valence-electron chi connectivity index (χ1n) is 6.45. The summed E-state index contributed by atoms with van der Waals surface area (Å²) in [6.07, 6.45) is 0.